The van der Waals surface area contributed by atoms with Crippen molar-refractivity contribution in [3.05, 3.63) is 35.1 Å². The van der Waals surface area contributed by atoms with Crippen LogP contribution in [0.4, 0.5) is 17.6 Å². The molecule has 0 fully saturated rings. The van der Waals surface area contributed by atoms with E-state index in [9.17, 15) is 27.2 Å². The number of aliphatic carboxylic acids is 1. The number of nitrogens with one attached hydrogen (secondary N) is 1. The van der Waals surface area contributed by atoms with E-state index in [2.05, 4.69) is 0 Å². The molecule has 0 aliphatic rings. The molecule has 25 heavy (non-hydrogen) atoms. The van der Waals surface area contributed by atoms with Crippen LogP contribution in [0.3, 0.4) is 0 Å². The van der Waals surface area contributed by atoms with Gasteiger partial charge in [-0.2, -0.15) is 13.2 Å². The summed E-state index contributed by atoms with van der Waals surface area (Å²) in [6.45, 7) is 0.278. The third-order valence-electron chi connectivity index (χ3n) is 3.04. The first-order valence-corrected chi connectivity index (χ1v) is 7.09. The van der Waals surface area contributed by atoms with Crippen molar-refractivity contribution in [3.63, 3.8) is 0 Å². The molecule has 1 rings (SSSR count). The lowest BCUT2D eigenvalue weighted by Crippen LogP contribution is -2.43. The number of rotatable bonds is 9. The Bertz CT molecular complexity index is 606. The van der Waals surface area contributed by atoms with Gasteiger partial charge in [0, 0.05) is 18.2 Å². The topological polar surface area (TPSA) is 84.9 Å². The van der Waals surface area contributed by atoms with Crippen molar-refractivity contribution in [2.75, 3.05) is 20.3 Å². The lowest BCUT2D eigenvalue weighted by molar-refractivity contribution is -0.157. The zero-order valence-electron chi connectivity index (χ0n) is 13.2. The van der Waals surface area contributed by atoms with Crippen LogP contribution in [-0.2, 0) is 20.9 Å². The molecular weight excluding hydrogens is 350 g/mol. The highest BCUT2D eigenvalue weighted by atomic mass is 19.4. The summed E-state index contributed by atoms with van der Waals surface area (Å²) in [5.41, 5.74) is -0.174. The summed E-state index contributed by atoms with van der Waals surface area (Å²) in [6, 6.07) is 0.933. The summed E-state index contributed by atoms with van der Waals surface area (Å²) in [4.78, 5) is 22.8. The number of carboxylic acids is 1. The predicted molar refractivity (Wildman–Crippen MR) is 77.5 cm³/mol. The van der Waals surface area contributed by atoms with E-state index in [-0.39, 0.29) is 30.9 Å². The molecule has 1 atom stereocenters. The number of hydrogen-bond acceptors (Lipinski definition) is 4. The minimum absolute atomic E-state index is 0.00597. The molecule has 1 aromatic rings. The Hall–Kier alpha value is -2.20. The molecule has 140 valence electrons. The number of methoxy groups -OCH3 is 1. The number of benzene rings is 1. The molecule has 1 unspecified atom stereocenters. The SMILES string of the molecule is COCCOCc1cc(C(=O)NC(CC(F)(F)F)C(=O)O)ccc1F. The number of alkyl halides is 3. The molecule has 0 heterocycles. The monoisotopic (exact) mass is 367 g/mol. The fraction of sp³-hybridized carbons (Fsp3) is 0.467. The molecule has 0 aliphatic heterocycles. The van der Waals surface area contributed by atoms with Crippen molar-refractivity contribution >= 4 is 11.9 Å². The van der Waals surface area contributed by atoms with E-state index in [4.69, 9.17) is 14.6 Å². The van der Waals surface area contributed by atoms with Gasteiger partial charge in [0.1, 0.15) is 11.9 Å². The van der Waals surface area contributed by atoms with Gasteiger partial charge in [-0.05, 0) is 18.2 Å². The van der Waals surface area contributed by atoms with Gasteiger partial charge in [0.15, 0.2) is 0 Å². The maximum atomic E-state index is 13.7. The largest absolute Gasteiger partial charge is 0.480 e. The maximum absolute atomic E-state index is 13.7. The lowest BCUT2D eigenvalue weighted by atomic mass is 10.1. The second kappa shape index (κ2) is 9.33. The summed E-state index contributed by atoms with van der Waals surface area (Å²) >= 11 is 0. The van der Waals surface area contributed by atoms with E-state index in [1.54, 1.807) is 5.32 Å². The summed E-state index contributed by atoms with van der Waals surface area (Å²) in [6.07, 6.45) is -6.48. The predicted octanol–water partition coefficient (Wildman–Crippen LogP) is 2.12. The molecule has 1 aromatic carbocycles. The fourth-order valence-electron chi connectivity index (χ4n) is 1.82. The van der Waals surface area contributed by atoms with Gasteiger partial charge in [-0.1, -0.05) is 0 Å². The quantitative estimate of drug-likeness (QED) is 0.516. The lowest BCUT2D eigenvalue weighted by Gasteiger charge is -2.16. The second-order valence-electron chi connectivity index (χ2n) is 5.04. The molecule has 10 heteroatoms. The number of carbonyl (C=O) groups is 2. The van der Waals surface area contributed by atoms with Crippen LogP contribution < -0.4 is 5.32 Å². The smallest absolute Gasteiger partial charge is 0.391 e. The number of hydrogen-bond donors (Lipinski definition) is 2. The van der Waals surface area contributed by atoms with E-state index in [1.807, 2.05) is 0 Å². The van der Waals surface area contributed by atoms with Crippen LogP contribution in [0.2, 0.25) is 0 Å². The van der Waals surface area contributed by atoms with Crippen LogP contribution in [0.25, 0.3) is 0 Å². The van der Waals surface area contributed by atoms with Crippen molar-refractivity contribution in [2.45, 2.75) is 25.2 Å². The average Bonchev–Trinajstić information content (AvgIpc) is 2.51. The van der Waals surface area contributed by atoms with Gasteiger partial charge in [-0.25, -0.2) is 9.18 Å². The Kier molecular flexibility index (Phi) is 7.78. The van der Waals surface area contributed by atoms with Crippen molar-refractivity contribution in [2.24, 2.45) is 0 Å². The first kappa shape index (κ1) is 20.8. The van der Waals surface area contributed by atoms with Gasteiger partial charge < -0.3 is 19.9 Å². The van der Waals surface area contributed by atoms with Crippen molar-refractivity contribution < 1.29 is 41.7 Å². The molecule has 0 aliphatic carbocycles. The summed E-state index contributed by atoms with van der Waals surface area (Å²) in [7, 11) is 1.45. The van der Waals surface area contributed by atoms with E-state index < -0.39 is 36.3 Å². The Morgan fingerprint density at radius 3 is 2.52 bits per heavy atom. The first-order valence-electron chi connectivity index (χ1n) is 7.09. The zero-order chi connectivity index (χ0) is 19.0. The first-order chi connectivity index (χ1) is 11.6. The van der Waals surface area contributed by atoms with Crippen LogP contribution in [0, 0.1) is 5.82 Å². The number of carboxylic acid groups (broad SMARTS) is 1. The molecule has 0 spiro atoms. The van der Waals surface area contributed by atoms with Crippen molar-refractivity contribution in [1.82, 2.24) is 5.32 Å². The third kappa shape index (κ3) is 7.48. The second-order valence-corrected chi connectivity index (χ2v) is 5.04. The molecule has 2 N–H and O–H groups in total. The minimum Gasteiger partial charge on any atom is -0.480 e. The number of ether oxygens (including phenoxy) is 2. The van der Waals surface area contributed by atoms with Gasteiger partial charge >= 0.3 is 12.1 Å². The average molecular weight is 367 g/mol. The van der Waals surface area contributed by atoms with Crippen LogP contribution in [0.1, 0.15) is 22.3 Å². The van der Waals surface area contributed by atoms with Crippen LogP contribution in [-0.4, -0.2) is 49.5 Å². The Morgan fingerprint density at radius 1 is 1.28 bits per heavy atom. The Morgan fingerprint density at radius 2 is 1.96 bits per heavy atom. The zero-order valence-corrected chi connectivity index (χ0v) is 13.2. The Labute approximate surface area is 140 Å². The minimum atomic E-state index is -4.76. The fourth-order valence-corrected chi connectivity index (χ4v) is 1.82. The third-order valence-corrected chi connectivity index (χ3v) is 3.04. The van der Waals surface area contributed by atoms with E-state index in [0.717, 1.165) is 18.2 Å². The van der Waals surface area contributed by atoms with Gasteiger partial charge in [-0.15, -0.1) is 0 Å². The summed E-state index contributed by atoms with van der Waals surface area (Å²) in [5, 5.41) is 10.6. The van der Waals surface area contributed by atoms with Gasteiger partial charge in [0.25, 0.3) is 5.91 Å². The molecule has 1 amide bonds. The molecule has 0 bridgehead atoms. The highest BCUT2D eigenvalue weighted by molar-refractivity contribution is 5.96. The van der Waals surface area contributed by atoms with Crippen molar-refractivity contribution in [3.8, 4) is 0 Å². The van der Waals surface area contributed by atoms with Crippen molar-refractivity contribution in [1.29, 1.82) is 0 Å². The molecule has 0 saturated carbocycles. The molecule has 6 nitrogen and oxygen atoms in total. The van der Waals surface area contributed by atoms with E-state index >= 15 is 0 Å². The van der Waals surface area contributed by atoms with E-state index in [1.165, 1.54) is 7.11 Å². The van der Waals surface area contributed by atoms with Crippen LogP contribution in [0.5, 0.6) is 0 Å². The van der Waals surface area contributed by atoms with Gasteiger partial charge in [-0.3, -0.25) is 4.79 Å². The highest BCUT2D eigenvalue weighted by Crippen LogP contribution is 2.22. The maximum Gasteiger partial charge on any atom is 0.391 e. The van der Waals surface area contributed by atoms with Gasteiger partial charge in [0.2, 0.25) is 0 Å². The number of carbonyl (C=O) groups excluding carboxylic acids is 1. The molecule has 0 saturated heterocycles. The molecular formula is C15H17F4NO5. The normalized spacial score (nSPS) is 12.7. The molecule has 0 aromatic heterocycles. The number of halogens is 4. The number of amides is 1. The van der Waals surface area contributed by atoms with Crippen LogP contribution in [0.15, 0.2) is 18.2 Å². The highest BCUT2D eigenvalue weighted by Gasteiger charge is 2.36. The summed E-state index contributed by atoms with van der Waals surface area (Å²) in [5.74, 6) is -3.55. The standard InChI is InChI=1S/C15H17F4NO5/c1-24-4-5-25-8-10-6-9(2-3-11(10)16)13(21)20-12(14(22)23)7-15(17,18)19/h2-3,6,12H,4-5,7-8H2,1H3,(H,20,21)(H,22,23). The van der Waals surface area contributed by atoms with Gasteiger partial charge in [0.05, 0.1) is 26.2 Å². The van der Waals surface area contributed by atoms with Crippen LogP contribution >= 0.6 is 0 Å². The molecule has 0 radical (unpaired) electrons. The van der Waals surface area contributed by atoms with E-state index in [0.29, 0.717) is 0 Å². The Balaban J connectivity index is 2.81. The summed E-state index contributed by atoms with van der Waals surface area (Å²) < 4.78 is 60.6.